The first-order chi connectivity index (χ1) is 13.2. The van der Waals surface area contributed by atoms with E-state index in [1.54, 1.807) is 19.1 Å². The van der Waals surface area contributed by atoms with Crippen molar-refractivity contribution in [1.29, 1.82) is 0 Å². The number of hydrogen-bond donors (Lipinski definition) is 0. The Kier molecular flexibility index (Phi) is 4.49. The Hall–Kier alpha value is -2.34. The average Bonchev–Trinajstić information content (AvgIpc) is 3.05. The molecule has 1 aromatic carbocycles. The van der Waals surface area contributed by atoms with Crippen molar-refractivity contribution < 1.29 is 23.8 Å². The fourth-order valence-electron chi connectivity index (χ4n) is 4.38. The maximum absolute atomic E-state index is 13.2. The average molecular weight is 404 g/mol. The van der Waals surface area contributed by atoms with Crippen LogP contribution < -0.4 is 9.47 Å². The third-order valence-corrected chi connectivity index (χ3v) is 5.91. The van der Waals surface area contributed by atoms with Gasteiger partial charge in [-0.3, -0.25) is 14.6 Å². The number of fused-ring (bicyclic) bond motifs is 1. The Morgan fingerprint density at radius 3 is 2.61 bits per heavy atom. The van der Waals surface area contributed by atoms with Crippen molar-refractivity contribution in [2.75, 3.05) is 13.9 Å². The van der Waals surface area contributed by atoms with E-state index in [-0.39, 0.29) is 18.0 Å². The van der Waals surface area contributed by atoms with Crippen molar-refractivity contribution >= 4 is 29.1 Å². The van der Waals surface area contributed by atoms with Crippen LogP contribution in [0.1, 0.15) is 45.1 Å². The summed E-state index contributed by atoms with van der Waals surface area (Å²) >= 11 is 6.58. The first-order valence-corrected chi connectivity index (χ1v) is 9.58. The van der Waals surface area contributed by atoms with Gasteiger partial charge in [0.2, 0.25) is 6.79 Å². The van der Waals surface area contributed by atoms with Gasteiger partial charge in [0.05, 0.1) is 7.11 Å². The number of Topliss-reactive ketones (excluding diaryl/α,β-unsaturated/α-hetero) is 1. The fourth-order valence-corrected chi connectivity index (χ4v) is 4.66. The van der Waals surface area contributed by atoms with Crippen LogP contribution >= 0.6 is 11.6 Å². The molecule has 0 fully saturated rings. The van der Waals surface area contributed by atoms with Gasteiger partial charge >= 0.3 is 5.97 Å². The number of allylic oxidation sites excluding steroid dienone is 2. The molecule has 28 heavy (non-hydrogen) atoms. The van der Waals surface area contributed by atoms with Crippen molar-refractivity contribution in [2.24, 2.45) is 16.3 Å². The molecular formula is C21H22ClNO5. The van der Waals surface area contributed by atoms with Crippen LogP contribution in [0.3, 0.4) is 0 Å². The highest BCUT2D eigenvalue weighted by Gasteiger charge is 2.46. The first kappa shape index (κ1) is 19.0. The van der Waals surface area contributed by atoms with E-state index in [4.69, 9.17) is 25.8 Å². The summed E-state index contributed by atoms with van der Waals surface area (Å²) in [6.45, 7) is 6.01. The molecule has 1 aromatic rings. The van der Waals surface area contributed by atoms with Gasteiger partial charge < -0.3 is 14.2 Å². The van der Waals surface area contributed by atoms with Crippen molar-refractivity contribution in [3.63, 3.8) is 0 Å². The topological polar surface area (TPSA) is 74.2 Å². The Labute approximate surface area is 168 Å². The molecule has 2 atom stereocenters. The normalized spacial score (nSPS) is 25.3. The Morgan fingerprint density at radius 1 is 1.25 bits per heavy atom. The number of rotatable bonds is 2. The Balaban J connectivity index is 1.93. The zero-order valence-electron chi connectivity index (χ0n) is 16.3. The summed E-state index contributed by atoms with van der Waals surface area (Å²) in [4.78, 5) is 30.5. The van der Waals surface area contributed by atoms with E-state index in [0.717, 1.165) is 5.70 Å². The van der Waals surface area contributed by atoms with Gasteiger partial charge in [0.1, 0.15) is 5.92 Å². The summed E-state index contributed by atoms with van der Waals surface area (Å²) in [6, 6.07) is 3.44. The lowest BCUT2D eigenvalue weighted by Crippen LogP contribution is -2.39. The predicted octanol–water partition coefficient (Wildman–Crippen LogP) is 4.06. The van der Waals surface area contributed by atoms with Gasteiger partial charge in [-0.1, -0.05) is 25.4 Å². The summed E-state index contributed by atoms with van der Waals surface area (Å²) in [5.41, 5.74) is 2.38. The number of methoxy groups -OCH3 is 1. The summed E-state index contributed by atoms with van der Waals surface area (Å²) in [7, 11) is 1.34. The molecule has 6 nitrogen and oxygen atoms in total. The number of carbonyl (C=O) groups is 2. The van der Waals surface area contributed by atoms with Gasteiger partial charge in [-0.15, -0.1) is 0 Å². The molecule has 2 heterocycles. The predicted molar refractivity (Wildman–Crippen MR) is 104 cm³/mol. The second kappa shape index (κ2) is 6.62. The smallest absolute Gasteiger partial charge is 0.315 e. The van der Waals surface area contributed by atoms with E-state index >= 15 is 0 Å². The van der Waals surface area contributed by atoms with Crippen molar-refractivity contribution in [3.8, 4) is 11.5 Å². The SMILES string of the molecule is COC(=O)C1C(C)=NC2=C(C(=O)CC(C)(C)C2)[C@@H]1c1cc2c(cc1Cl)OCO2. The molecule has 0 saturated carbocycles. The van der Waals surface area contributed by atoms with E-state index in [1.165, 1.54) is 7.11 Å². The van der Waals surface area contributed by atoms with Crippen LogP contribution in [-0.4, -0.2) is 31.4 Å². The van der Waals surface area contributed by atoms with Crippen molar-refractivity contribution in [1.82, 2.24) is 0 Å². The molecule has 0 saturated heterocycles. The van der Waals surface area contributed by atoms with Gasteiger partial charge in [0.15, 0.2) is 17.3 Å². The van der Waals surface area contributed by atoms with Crippen LogP contribution in [0.15, 0.2) is 28.4 Å². The second-order valence-corrected chi connectivity index (χ2v) is 8.67. The summed E-state index contributed by atoms with van der Waals surface area (Å²) < 4.78 is 15.9. The zero-order valence-corrected chi connectivity index (χ0v) is 17.1. The van der Waals surface area contributed by atoms with Gasteiger partial charge in [0, 0.05) is 40.4 Å². The van der Waals surface area contributed by atoms with Crippen LogP contribution in [0.5, 0.6) is 11.5 Å². The molecular weight excluding hydrogens is 382 g/mol. The molecule has 7 heteroatoms. The van der Waals surface area contributed by atoms with Gasteiger partial charge in [-0.05, 0) is 30.4 Å². The fraction of sp³-hybridized carbons (Fsp3) is 0.476. The van der Waals surface area contributed by atoms with Crippen LogP contribution in [0.2, 0.25) is 5.02 Å². The highest BCUT2D eigenvalue weighted by Crippen LogP contribution is 2.51. The summed E-state index contributed by atoms with van der Waals surface area (Å²) in [5.74, 6) is -0.625. The maximum Gasteiger partial charge on any atom is 0.315 e. The standard InChI is InChI=1S/C21H22ClNO5/c1-10-17(20(25)26-4)18(11-5-15-16(6-12(11)22)28-9-27-15)19-13(23-10)7-21(2,3)8-14(19)24/h5-6,17-18H,7-9H2,1-4H3/t17?,18-/m1/s1. The van der Waals surface area contributed by atoms with Gasteiger partial charge in [-0.2, -0.15) is 0 Å². The molecule has 2 aliphatic heterocycles. The maximum atomic E-state index is 13.2. The molecule has 0 amide bonds. The van der Waals surface area contributed by atoms with E-state index in [0.29, 0.717) is 46.2 Å². The molecule has 0 aromatic heterocycles. The highest BCUT2D eigenvalue weighted by molar-refractivity contribution is 6.32. The Morgan fingerprint density at radius 2 is 1.93 bits per heavy atom. The molecule has 0 spiro atoms. The zero-order chi connectivity index (χ0) is 20.2. The minimum absolute atomic E-state index is 0.00450. The number of halogens is 1. The monoisotopic (exact) mass is 403 g/mol. The van der Waals surface area contributed by atoms with Crippen molar-refractivity contribution in [2.45, 2.75) is 39.5 Å². The van der Waals surface area contributed by atoms with Crippen LogP contribution in [0.4, 0.5) is 0 Å². The molecule has 1 aliphatic carbocycles. The molecule has 148 valence electrons. The quantitative estimate of drug-likeness (QED) is 0.696. The number of ether oxygens (including phenoxy) is 3. The molecule has 0 bridgehead atoms. The van der Waals surface area contributed by atoms with E-state index in [1.807, 2.05) is 0 Å². The highest BCUT2D eigenvalue weighted by atomic mass is 35.5. The lowest BCUT2D eigenvalue weighted by atomic mass is 9.67. The number of hydrogen-bond acceptors (Lipinski definition) is 6. The third-order valence-electron chi connectivity index (χ3n) is 5.58. The third kappa shape index (κ3) is 3.00. The summed E-state index contributed by atoms with van der Waals surface area (Å²) in [5, 5.41) is 0.419. The molecule has 3 aliphatic rings. The number of benzene rings is 1. The van der Waals surface area contributed by atoms with E-state index in [9.17, 15) is 9.59 Å². The van der Waals surface area contributed by atoms with Gasteiger partial charge in [0.25, 0.3) is 0 Å². The molecule has 0 radical (unpaired) electrons. The second-order valence-electron chi connectivity index (χ2n) is 8.26. The molecule has 4 rings (SSSR count). The number of ketones is 1. The van der Waals surface area contributed by atoms with Crippen LogP contribution in [-0.2, 0) is 14.3 Å². The van der Waals surface area contributed by atoms with Gasteiger partial charge in [-0.25, -0.2) is 0 Å². The molecule has 0 N–H and O–H groups in total. The van der Waals surface area contributed by atoms with Crippen LogP contribution in [0.25, 0.3) is 0 Å². The largest absolute Gasteiger partial charge is 0.468 e. The minimum Gasteiger partial charge on any atom is -0.468 e. The van der Waals surface area contributed by atoms with E-state index in [2.05, 4.69) is 18.8 Å². The lowest BCUT2D eigenvalue weighted by molar-refractivity contribution is -0.143. The summed E-state index contributed by atoms with van der Waals surface area (Å²) in [6.07, 6.45) is 1.06. The minimum atomic E-state index is -0.716. The Bertz CT molecular complexity index is 946. The first-order valence-electron chi connectivity index (χ1n) is 9.20. The number of carbonyl (C=O) groups excluding carboxylic acids is 2. The van der Waals surface area contributed by atoms with Crippen LogP contribution in [0, 0.1) is 11.3 Å². The van der Waals surface area contributed by atoms with E-state index < -0.39 is 17.8 Å². The lowest BCUT2D eigenvalue weighted by Gasteiger charge is -2.39. The molecule has 1 unspecified atom stereocenters. The van der Waals surface area contributed by atoms with Crippen molar-refractivity contribution in [3.05, 3.63) is 34.0 Å². The number of nitrogens with zero attached hydrogens (tertiary/aromatic N) is 1. The number of aliphatic imine (C=N–C) groups is 1. The number of esters is 1.